The number of aliphatic hydroxyl groups excluding tert-OH is 1. The number of nitrogens with zero attached hydrogens (tertiary/aromatic N) is 1. The fourth-order valence-electron chi connectivity index (χ4n) is 2.02. The molecule has 0 aromatic carbocycles. The largest absolute Gasteiger partial charge is 0.443 e. The molecule has 2 unspecified atom stereocenters. The van der Waals surface area contributed by atoms with Crippen molar-refractivity contribution < 1.29 is 23.0 Å². The Morgan fingerprint density at radius 2 is 2.22 bits per heavy atom. The van der Waals surface area contributed by atoms with Crippen LogP contribution in [0.25, 0.3) is 0 Å². The number of aromatic nitrogens is 1. The molecule has 1 aliphatic heterocycles. The number of rotatable bonds is 2. The van der Waals surface area contributed by atoms with Crippen molar-refractivity contribution in [1.82, 2.24) is 4.98 Å². The number of thiazole rings is 1. The molecule has 1 N–H and O–H groups in total. The zero-order valence-electron chi connectivity index (χ0n) is 9.83. The first kappa shape index (κ1) is 13.8. The second-order valence-electron chi connectivity index (χ2n) is 4.59. The van der Waals surface area contributed by atoms with Gasteiger partial charge in [-0.3, -0.25) is 0 Å². The molecule has 0 bridgehead atoms. The molecule has 2 rings (SSSR count). The van der Waals surface area contributed by atoms with Gasteiger partial charge in [-0.1, -0.05) is 0 Å². The first-order valence-electron chi connectivity index (χ1n) is 5.68. The molecule has 3 nitrogen and oxygen atoms in total. The highest BCUT2D eigenvalue weighted by Gasteiger charge is 2.40. The Bertz CT molecular complexity index is 413. The Morgan fingerprint density at radius 1 is 1.50 bits per heavy atom. The van der Waals surface area contributed by atoms with Crippen LogP contribution < -0.4 is 0 Å². The minimum Gasteiger partial charge on any atom is -0.384 e. The van der Waals surface area contributed by atoms with Gasteiger partial charge in [-0.2, -0.15) is 13.2 Å². The highest BCUT2D eigenvalue weighted by Crippen LogP contribution is 2.41. The lowest BCUT2D eigenvalue weighted by Crippen LogP contribution is -2.38. The zero-order chi connectivity index (χ0) is 13.4. The van der Waals surface area contributed by atoms with Crippen molar-refractivity contribution in [2.24, 2.45) is 0 Å². The van der Waals surface area contributed by atoms with Crippen LogP contribution in [0.15, 0.2) is 6.20 Å². The lowest BCUT2D eigenvalue weighted by Gasteiger charge is -2.37. The van der Waals surface area contributed by atoms with Crippen LogP contribution >= 0.6 is 11.3 Å². The minimum atomic E-state index is -4.46. The third-order valence-corrected chi connectivity index (χ3v) is 4.21. The molecule has 1 saturated heterocycles. The zero-order valence-corrected chi connectivity index (χ0v) is 10.6. The quantitative estimate of drug-likeness (QED) is 0.905. The van der Waals surface area contributed by atoms with Crippen LogP contribution in [0.4, 0.5) is 13.2 Å². The summed E-state index contributed by atoms with van der Waals surface area (Å²) in [5, 5.41) is 9.23. The minimum absolute atomic E-state index is 0.201. The van der Waals surface area contributed by atoms with E-state index < -0.39 is 22.9 Å². The summed E-state index contributed by atoms with van der Waals surface area (Å²) < 4.78 is 42.8. The molecule has 7 heteroatoms. The fourth-order valence-corrected chi connectivity index (χ4v) is 2.93. The number of hydrogen-bond acceptors (Lipinski definition) is 4. The summed E-state index contributed by atoms with van der Waals surface area (Å²) in [7, 11) is 0. The van der Waals surface area contributed by atoms with E-state index in [2.05, 4.69) is 4.98 Å². The molecule has 18 heavy (non-hydrogen) atoms. The summed E-state index contributed by atoms with van der Waals surface area (Å²) in [4.78, 5) is 3.51. The van der Waals surface area contributed by atoms with Gasteiger partial charge in [0.2, 0.25) is 0 Å². The number of ether oxygens (including phenoxy) is 1. The Labute approximate surface area is 107 Å². The number of hydrogen-bond donors (Lipinski definition) is 1. The molecular formula is C11H14F3NO2S. The van der Waals surface area contributed by atoms with E-state index in [0.29, 0.717) is 24.4 Å². The van der Waals surface area contributed by atoms with Gasteiger partial charge < -0.3 is 9.84 Å². The van der Waals surface area contributed by atoms with Gasteiger partial charge in [-0.15, -0.1) is 11.3 Å². The van der Waals surface area contributed by atoms with Crippen LogP contribution in [0.5, 0.6) is 0 Å². The van der Waals surface area contributed by atoms with E-state index in [9.17, 15) is 18.3 Å². The monoisotopic (exact) mass is 281 g/mol. The van der Waals surface area contributed by atoms with E-state index in [1.54, 1.807) is 6.92 Å². The average molecular weight is 281 g/mol. The molecule has 0 spiro atoms. The van der Waals surface area contributed by atoms with E-state index in [-0.39, 0.29) is 4.88 Å². The van der Waals surface area contributed by atoms with Crippen molar-refractivity contribution in [3.8, 4) is 0 Å². The van der Waals surface area contributed by atoms with Gasteiger partial charge in [0, 0.05) is 12.8 Å². The van der Waals surface area contributed by atoms with Gasteiger partial charge in [0.05, 0.1) is 10.5 Å². The Kier molecular flexibility index (Phi) is 3.66. The molecule has 1 aromatic rings. The topological polar surface area (TPSA) is 42.4 Å². The maximum Gasteiger partial charge on any atom is 0.443 e. The van der Waals surface area contributed by atoms with Crippen molar-refractivity contribution in [2.45, 2.75) is 44.1 Å². The van der Waals surface area contributed by atoms with Gasteiger partial charge in [0.25, 0.3) is 0 Å². The molecule has 0 saturated carbocycles. The third-order valence-electron chi connectivity index (χ3n) is 3.11. The third kappa shape index (κ3) is 2.67. The first-order chi connectivity index (χ1) is 8.33. The summed E-state index contributed by atoms with van der Waals surface area (Å²) in [6, 6.07) is 0. The molecule has 1 aromatic heterocycles. The van der Waals surface area contributed by atoms with Crippen LogP contribution in [-0.4, -0.2) is 22.3 Å². The van der Waals surface area contributed by atoms with Crippen LogP contribution in [-0.2, 0) is 10.9 Å². The summed E-state index contributed by atoms with van der Waals surface area (Å²) in [5.74, 6) is 0. The molecular weight excluding hydrogens is 267 g/mol. The van der Waals surface area contributed by atoms with Gasteiger partial charge >= 0.3 is 6.18 Å². The van der Waals surface area contributed by atoms with Gasteiger partial charge in [-0.25, -0.2) is 4.98 Å². The second-order valence-corrected chi connectivity index (χ2v) is 5.65. The van der Waals surface area contributed by atoms with E-state index in [1.807, 2.05) is 0 Å². The fraction of sp³-hybridized carbons (Fsp3) is 0.727. The Morgan fingerprint density at radius 3 is 2.72 bits per heavy atom. The van der Waals surface area contributed by atoms with Gasteiger partial charge in [0.1, 0.15) is 6.10 Å². The SMILES string of the molecule is CC1(C(O)c2cnc(C(F)(F)F)s2)CCCCO1. The highest BCUT2D eigenvalue weighted by atomic mass is 32.1. The highest BCUT2D eigenvalue weighted by molar-refractivity contribution is 7.11. The van der Waals surface area contributed by atoms with Gasteiger partial charge in [0.15, 0.2) is 5.01 Å². The Hall–Kier alpha value is -0.660. The maximum atomic E-state index is 12.4. The van der Waals surface area contributed by atoms with E-state index >= 15 is 0 Å². The van der Waals surface area contributed by atoms with Crippen molar-refractivity contribution in [2.75, 3.05) is 6.61 Å². The molecule has 0 amide bonds. The summed E-state index contributed by atoms with van der Waals surface area (Å²) in [5.41, 5.74) is -0.812. The summed E-state index contributed by atoms with van der Waals surface area (Å²) >= 11 is 0.474. The molecule has 2 heterocycles. The van der Waals surface area contributed by atoms with Crippen LogP contribution in [0.3, 0.4) is 0 Å². The average Bonchev–Trinajstić information content (AvgIpc) is 2.77. The first-order valence-corrected chi connectivity index (χ1v) is 6.49. The van der Waals surface area contributed by atoms with Crippen LogP contribution in [0.1, 0.15) is 42.2 Å². The second kappa shape index (κ2) is 4.79. The van der Waals surface area contributed by atoms with Crippen molar-refractivity contribution in [1.29, 1.82) is 0 Å². The number of alkyl halides is 3. The summed E-state index contributed by atoms with van der Waals surface area (Å²) in [6.45, 7) is 2.25. The smallest absolute Gasteiger partial charge is 0.384 e. The van der Waals surface area contributed by atoms with E-state index in [0.717, 1.165) is 19.0 Å². The summed E-state index contributed by atoms with van der Waals surface area (Å²) in [6.07, 6.45) is -1.99. The van der Waals surface area contributed by atoms with E-state index in [1.165, 1.54) is 0 Å². The predicted octanol–water partition coefficient (Wildman–Crippen LogP) is 3.15. The Balaban J connectivity index is 2.18. The van der Waals surface area contributed by atoms with Crippen molar-refractivity contribution >= 4 is 11.3 Å². The molecule has 0 radical (unpaired) electrons. The molecule has 0 aliphatic carbocycles. The predicted molar refractivity (Wildman–Crippen MR) is 60.3 cm³/mol. The van der Waals surface area contributed by atoms with Crippen LogP contribution in [0.2, 0.25) is 0 Å². The normalized spacial score (nSPS) is 27.2. The molecule has 1 fully saturated rings. The van der Waals surface area contributed by atoms with E-state index in [4.69, 9.17) is 4.74 Å². The maximum absolute atomic E-state index is 12.4. The van der Waals surface area contributed by atoms with Crippen molar-refractivity contribution in [3.63, 3.8) is 0 Å². The lowest BCUT2D eigenvalue weighted by atomic mass is 9.89. The number of halogens is 3. The molecule has 1 aliphatic rings. The lowest BCUT2D eigenvalue weighted by molar-refractivity contribution is -0.138. The standard InChI is InChI=1S/C11H14F3NO2S/c1-10(4-2-3-5-17-10)8(16)7-6-15-9(18-7)11(12,13)14/h6,8,16H,2-5H2,1H3. The van der Waals surface area contributed by atoms with Crippen LogP contribution in [0, 0.1) is 0 Å². The molecule has 102 valence electrons. The van der Waals surface area contributed by atoms with Crippen molar-refractivity contribution in [3.05, 3.63) is 16.1 Å². The number of aliphatic hydroxyl groups is 1. The molecule has 2 atom stereocenters. The van der Waals surface area contributed by atoms with Gasteiger partial charge in [-0.05, 0) is 26.2 Å².